The number of carbonyl (C=O) groups is 2. The molecule has 0 saturated carbocycles. The Labute approximate surface area is 223 Å². The van der Waals surface area contributed by atoms with Gasteiger partial charge in [0.25, 0.3) is 11.1 Å². The van der Waals surface area contributed by atoms with Crippen LogP contribution in [-0.2, 0) is 11.3 Å². The summed E-state index contributed by atoms with van der Waals surface area (Å²) in [5.41, 5.74) is 3.49. The van der Waals surface area contributed by atoms with E-state index in [4.69, 9.17) is 4.42 Å². The van der Waals surface area contributed by atoms with E-state index in [0.29, 0.717) is 22.5 Å². The number of furan rings is 1. The number of nitrogens with zero attached hydrogens (tertiary/aromatic N) is 4. The van der Waals surface area contributed by atoms with Gasteiger partial charge in [0, 0.05) is 37.4 Å². The summed E-state index contributed by atoms with van der Waals surface area (Å²) < 4.78 is 5.97. The van der Waals surface area contributed by atoms with Gasteiger partial charge in [0.2, 0.25) is 5.95 Å². The van der Waals surface area contributed by atoms with Gasteiger partial charge in [-0.2, -0.15) is 0 Å². The summed E-state index contributed by atoms with van der Waals surface area (Å²) in [6, 6.07) is 15.9. The number of fused-ring (bicyclic) bond motifs is 1. The predicted molar refractivity (Wildman–Crippen MR) is 147 cm³/mol. The summed E-state index contributed by atoms with van der Waals surface area (Å²) in [6.45, 7) is 3.43. The van der Waals surface area contributed by atoms with E-state index in [1.807, 2.05) is 42.6 Å². The molecule has 2 fully saturated rings. The maximum Gasteiger partial charge on any atom is 0.290 e. The molecular weight excluding hydrogens is 500 g/mol. The maximum absolute atomic E-state index is 11.8. The van der Waals surface area contributed by atoms with Crippen LogP contribution in [0.3, 0.4) is 0 Å². The number of aromatic nitrogens is 3. The molecule has 1 aromatic carbocycles. The molecule has 0 bridgehead atoms. The fourth-order valence-corrected chi connectivity index (χ4v) is 5.40. The van der Waals surface area contributed by atoms with Crippen molar-refractivity contribution in [2.45, 2.75) is 19.4 Å². The minimum atomic E-state index is -0.383. The lowest BCUT2D eigenvalue weighted by molar-refractivity contribution is -0.115. The van der Waals surface area contributed by atoms with Crippen molar-refractivity contribution in [2.24, 2.45) is 5.92 Å². The number of rotatable bonds is 7. The highest BCUT2D eigenvalue weighted by Crippen LogP contribution is 2.28. The minimum Gasteiger partial charge on any atom is -0.454 e. The number of hydrogen-bond acceptors (Lipinski definition) is 9. The Bertz CT molecular complexity index is 1490. The van der Waals surface area contributed by atoms with Crippen LogP contribution >= 0.6 is 11.8 Å². The van der Waals surface area contributed by atoms with Gasteiger partial charge in [-0.05, 0) is 79.0 Å². The van der Waals surface area contributed by atoms with Gasteiger partial charge < -0.3 is 14.6 Å². The Balaban J connectivity index is 1.01. The van der Waals surface area contributed by atoms with Crippen molar-refractivity contribution >= 4 is 45.9 Å². The van der Waals surface area contributed by atoms with Gasteiger partial charge in [-0.1, -0.05) is 18.2 Å². The molecule has 38 heavy (non-hydrogen) atoms. The monoisotopic (exact) mass is 526 g/mol. The molecule has 2 N–H and O–H groups in total. The first-order valence-corrected chi connectivity index (χ1v) is 13.4. The number of thioether (sulfide) groups is 1. The second-order valence-electron chi connectivity index (χ2n) is 9.39. The van der Waals surface area contributed by atoms with E-state index in [1.54, 1.807) is 18.3 Å². The maximum atomic E-state index is 11.8. The molecule has 4 aromatic rings. The molecule has 3 aromatic heterocycles. The zero-order valence-corrected chi connectivity index (χ0v) is 21.4. The van der Waals surface area contributed by atoms with E-state index < -0.39 is 0 Å². The quantitative estimate of drug-likeness (QED) is 0.333. The van der Waals surface area contributed by atoms with Crippen molar-refractivity contribution in [3.63, 3.8) is 0 Å². The fraction of sp³-hybridized carbons (Fsp3) is 0.250. The average molecular weight is 527 g/mol. The molecule has 0 spiro atoms. The molecule has 2 saturated heterocycles. The number of carbonyl (C=O) groups excluding carboxylic acids is 2. The fourth-order valence-electron chi connectivity index (χ4n) is 4.73. The lowest BCUT2D eigenvalue weighted by atomic mass is 9.97. The third-order valence-electron chi connectivity index (χ3n) is 6.75. The van der Waals surface area contributed by atoms with E-state index in [-0.39, 0.29) is 11.1 Å². The van der Waals surface area contributed by atoms with Crippen molar-refractivity contribution in [1.29, 1.82) is 0 Å². The molecule has 0 radical (unpaired) electrons. The summed E-state index contributed by atoms with van der Waals surface area (Å²) in [4.78, 5) is 39.3. The first-order chi connectivity index (χ1) is 18.6. The summed E-state index contributed by atoms with van der Waals surface area (Å²) in [6.07, 6.45) is 7.23. The lowest BCUT2D eigenvalue weighted by Crippen LogP contribution is -2.38. The molecule has 5 heterocycles. The summed E-state index contributed by atoms with van der Waals surface area (Å²) in [7, 11) is 0. The van der Waals surface area contributed by atoms with Gasteiger partial charge in [0.1, 0.15) is 11.3 Å². The minimum absolute atomic E-state index is 0.350. The van der Waals surface area contributed by atoms with Crippen molar-refractivity contribution in [3.05, 3.63) is 77.1 Å². The number of imide groups is 1. The Morgan fingerprint density at radius 2 is 1.92 bits per heavy atom. The van der Waals surface area contributed by atoms with E-state index in [2.05, 4.69) is 36.6 Å². The van der Waals surface area contributed by atoms with Gasteiger partial charge in [-0.3, -0.25) is 19.9 Å². The molecular formula is C28H26N6O3S. The number of benzene rings is 1. The van der Waals surface area contributed by atoms with Crippen molar-refractivity contribution < 1.29 is 14.0 Å². The molecule has 192 valence electrons. The zero-order chi connectivity index (χ0) is 25.9. The normalized spacial score (nSPS) is 17.5. The number of hydrogen-bond donors (Lipinski definition) is 2. The zero-order valence-electron chi connectivity index (χ0n) is 20.6. The summed E-state index contributed by atoms with van der Waals surface area (Å²) in [5.74, 6) is 1.61. The molecule has 2 aliphatic heterocycles. The van der Waals surface area contributed by atoms with Crippen LogP contribution in [0.2, 0.25) is 0 Å². The van der Waals surface area contributed by atoms with Crippen LogP contribution in [-0.4, -0.2) is 45.7 Å². The Hall–Kier alpha value is -4.02. The number of nitrogens with one attached hydrogen (secondary N) is 2. The topological polar surface area (TPSA) is 113 Å². The van der Waals surface area contributed by atoms with Gasteiger partial charge in [0.05, 0.1) is 10.6 Å². The van der Waals surface area contributed by atoms with Crippen LogP contribution in [0, 0.1) is 5.92 Å². The van der Waals surface area contributed by atoms with E-state index in [0.717, 1.165) is 73.2 Å². The van der Waals surface area contributed by atoms with E-state index in [9.17, 15) is 9.59 Å². The van der Waals surface area contributed by atoms with Gasteiger partial charge >= 0.3 is 0 Å². The van der Waals surface area contributed by atoms with Gasteiger partial charge in [-0.15, -0.1) is 0 Å². The second-order valence-corrected chi connectivity index (χ2v) is 10.4. The molecule has 2 amide bonds. The highest BCUT2D eigenvalue weighted by Gasteiger charge is 2.25. The van der Waals surface area contributed by atoms with Gasteiger partial charge in [0.15, 0.2) is 5.76 Å². The highest BCUT2D eigenvalue weighted by atomic mass is 32.2. The standard InChI is InChI=1S/C28H26N6O3S/c35-26-25(38-28(36)33-26)15-21-6-10-31-27(32-21)34-11-7-18(8-12-34)16-29-17-19-5-9-30-22(13-19)24-14-20-3-1-2-4-23(20)37-24/h1-6,9-10,13-15,18,29H,7-8,11-12,16-17H2,(H,33,35,36)/b25-15-. The molecule has 10 heteroatoms. The number of amides is 2. The van der Waals surface area contributed by atoms with Crippen LogP contribution in [0.15, 0.2) is 70.2 Å². The summed E-state index contributed by atoms with van der Waals surface area (Å²) >= 11 is 0.889. The summed E-state index contributed by atoms with van der Waals surface area (Å²) in [5, 5.41) is 6.58. The SMILES string of the molecule is O=C1NC(=O)/C(=C/c2ccnc(N3CCC(CNCc4ccnc(-c5cc6ccccc6o5)c4)CC3)n2)S1. The van der Waals surface area contributed by atoms with Crippen LogP contribution in [0.25, 0.3) is 28.5 Å². The van der Waals surface area contributed by atoms with Crippen LogP contribution in [0.5, 0.6) is 0 Å². The largest absolute Gasteiger partial charge is 0.454 e. The number of para-hydroxylation sites is 1. The molecule has 0 atom stereocenters. The van der Waals surface area contributed by atoms with Crippen molar-refractivity contribution in [3.8, 4) is 11.5 Å². The molecule has 2 aliphatic rings. The molecule has 0 unspecified atom stereocenters. The van der Waals surface area contributed by atoms with Crippen molar-refractivity contribution in [1.82, 2.24) is 25.6 Å². The van der Waals surface area contributed by atoms with Crippen LogP contribution in [0.4, 0.5) is 10.7 Å². The average Bonchev–Trinajstić information content (AvgIpc) is 3.51. The predicted octanol–water partition coefficient (Wildman–Crippen LogP) is 4.61. The van der Waals surface area contributed by atoms with Gasteiger partial charge in [-0.25, -0.2) is 9.97 Å². The number of piperidine rings is 1. The van der Waals surface area contributed by atoms with Crippen LogP contribution in [0.1, 0.15) is 24.1 Å². The van der Waals surface area contributed by atoms with E-state index >= 15 is 0 Å². The Morgan fingerprint density at radius 1 is 1.08 bits per heavy atom. The lowest BCUT2D eigenvalue weighted by Gasteiger charge is -2.32. The number of anilines is 1. The third kappa shape index (κ3) is 5.46. The Morgan fingerprint density at radius 3 is 2.74 bits per heavy atom. The molecule has 6 rings (SSSR count). The highest BCUT2D eigenvalue weighted by molar-refractivity contribution is 8.18. The third-order valence-corrected chi connectivity index (χ3v) is 7.56. The van der Waals surface area contributed by atoms with Crippen LogP contribution < -0.4 is 15.5 Å². The van der Waals surface area contributed by atoms with Crippen molar-refractivity contribution in [2.75, 3.05) is 24.5 Å². The second kappa shape index (κ2) is 10.8. The first kappa shape index (κ1) is 24.3. The smallest absolute Gasteiger partial charge is 0.290 e. The molecule has 9 nitrogen and oxygen atoms in total. The first-order valence-electron chi connectivity index (χ1n) is 12.6. The number of pyridine rings is 1. The van der Waals surface area contributed by atoms with E-state index in [1.165, 1.54) is 5.56 Å². The molecule has 0 aliphatic carbocycles. The Kier molecular flexibility index (Phi) is 6.89.